The molecule has 2 rings (SSSR count). The molecule has 0 saturated heterocycles. The molecule has 0 aliphatic carbocycles. The Labute approximate surface area is 121 Å². The molecule has 0 saturated carbocycles. The second-order valence-corrected chi connectivity index (χ2v) is 4.17. The predicted octanol–water partition coefficient (Wildman–Crippen LogP) is 3.02. The zero-order valence-electron chi connectivity index (χ0n) is 11.0. The van der Waals surface area contributed by atoms with Gasteiger partial charge in [0.15, 0.2) is 0 Å². The molecule has 0 spiro atoms. The summed E-state index contributed by atoms with van der Waals surface area (Å²) in [5.74, 6) is 0. The number of hydrogen-bond acceptors (Lipinski definition) is 5. The van der Waals surface area contributed by atoms with Crippen molar-refractivity contribution in [1.82, 2.24) is 0 Å². The summed E-state index contributed by atoms with van der Waals surface area (Å²) in [6.07, 6.45) is 1.51. The van der Waals surface area contributed by atoms with Crippen LogP contribution in [-0.4, -0.2) is 11.1 Å². The number of hydrogen-bond donors (Lipinski definition) is 0. The molecule has 0 fully saturated rings. The molecule has 0 aromatic heterocycles. The molecule has 0 radical (unpaired) electrons. The van der Waals surface area contributed by atoms with Crippen LogP contribution in [0, 0.1) is 21.4 Å². The highest BCUT2D eigenvalue weighted by Gasteiger charge is 2.05. The molecule has 0 amide bonds. The van der Waals surface area contributed by atoms with E-state index in [2.05, 4.69) is 5.16 Å². The first-order chi connectivity index (χ1) is 10.2. The van der Waals surface area contributed by atoms with Crippen LogP contribution in [0.25, 0.3) is 0 Å². The average molecular weight is 281 g/mol. The van der Waals surface area contributed by atoms with Gasteiger partial charge in [0.1, 0.15) is 6.61 Å². The van der Waals surface area contributed by atoms with Gasteiger partial charge >= 0.3 is 0 Å². The van der Waals surface area contributed by atoms with Gasteiger partial charge in [0.05, 0.1) is 22.8 Å². The van der Waals surface area contributed by atoms with Gasteiger partial charge < -0.3 is 4.84 Å². The highest BCUT2D eigenvalue weighted by Crippen LogP contribution is 2.13. The molecular weight excluding hydrogens is 270 g/mol. The Balaban J connectivity index is 1.91. The minimum absolute atomic E-state index is 0.0205. The standard InChI is InChI=1S/C15H11N3O3/c16-9-12-4-6-13(7-5-12)10-17-21-11-14-2-1-3-15(8-14)18(19)20/h1-8,10H,11H2/b17-10-. The second kappa shape index (κ2) is 6.82. The summed E-state index contributed by atoms with van der Waals surface area (Å²) in [7, 11) is 0. The Morgan fingerprint density at radius 1 is 1.29 bits per heavy atom. The van der Waals surface area contributed by atoms with Crippen LogP contribution in [0.4, 0.5) is 5.69 Å². The van der Waals surface area contributed by atoms with E-state index in [0.29, 0.717) is 11.1 Å². The van der Waals surface area contributed by atoms with Gasteiger partial charge in [-0.05, 0) is 23.3 Å². The predicted molar refractivity (Wildman–Crippen MR) is 76.6 cm³/mol. The van der Waals surface area contributed by atoms with E-state index in [4.69, 9.17) is 10.1 Å². The Hall–Kier alpha value is -3.20. The molecule has 2 aromatic carbocycles. The summed E-state index contributed by atoms with van der Waals surface area (Å²) >= 11 is 0. The summed E-state index contributed by atoms with van der Waals surface area (Å²) in [5, 5.41) is 23.1. The maximum absolute atomic E-state index is 10.6. The van der Waals surface area contributed by atoms with Crippen molar-refractivity contribution in [3.63, 3.8) is 0 Å². The third kappa shape index (κ3) is 4.14. The van der Waals surface area contributed by atoms with Gasteiger partial charge in [0.2, 0.25) is 0 Å². The van der Waals surface area contributed by atoms with E-state index in [-0.39, 0.29) is 12.3 Å². The molecule has 0 heterocycles. The Bertz CT molecular complexity index is 703. The molecule has 0 unspecified atom stereocenters. The fourth-order valence-electron chi connectivity index (χ4n) is 1.61. The van der Waals surface area contributed by atoms with Crippen LogP contribution >= 0.6 is 0 Å². The van der Waals surface area contributed by atoms with Gasteiger partial charge in [0, 0.05) is 12.1 Å². The van der Waals surface area contributed by atoms with Crippen molar-refractivity contribution in [3.8, 4) is 6.07 Å². The smallest absolute Gasteiger partial charge is 0.269 e. The lowest BCUT2D eigenvalue weighted by Gasteiger charge is -1.99. The molecule has 21 heavy (non-hydrogen) atoms. The molecular formula is C15H11N3O3. The van der Waals surface area contributed by atoms with Crippen LogP contribution in [0.1, 0.15) is 16.7 Å². The number of benzene rings is 2. The third-order valence-corrected chi connectivity index (χ3v) is 2.67. The molecule has 0 aliphatic rings. The Morgan fingerprint density at radius 2 is 2.05 bits per heavy atom. The first kappa shape index (κ1) is 14.2. The molecule has 0 N–H and O–H groups in total. The number of nitro groups is 1. The SMILES string of the molecule is N#Cc1ccc(/C=N\OCc2cccc([N+](=O)[O-])c2)cc1. The van der Waals surface area contributed by atoms with E-state index in [1.165, 1.54) is 18.3 Å². The minimum atomic E-state index is -0.455. The molecule has 6 nitrogen and oxygen atoms in total. The van der Waals surface area contributed by atoms with Gasteiger partial charge in [-0.15, -0.1) is 0 Å². The fraction of sp³-hybridized carbons (Fsp3) is 0.0667. The van der Waals surface area contributed by atoms with Crippen LogP contribution in [-0.2, 0) is 11.4 Å². The number of oxime groups is 1. The number of nitrogens with zero attached hydrogens (tertiary/aromatic N) is 3. The van der Waals surface area contributed by atoms with Gasteiger partial charge in [-0.3, -0.25) is 10.1 Å². The molecule has 6 heteroatoms. The van der Waals surface area contributed by atoms with Crippen LogP contribution in [0.5, 0.6) is 0 Å². The van der Waals surface area contributed by atoms with Gasteiger partial charge in [-0.25, -0.2) is 0 Å². The van der Waals surface area contributed by atoms with Crippen molar-refractivity contribution in [2.24, 2.45) is 5.16 Å². The normalized spacial score (nSPS) is 10.2. The van der Waals surface area contributed by atoms with E-state index in [0.717, 1.165) is 5.56 Å². The lowest BCUT2D eigenvalue weighted by molar-refractivity contribution is -0.384. The van der Waals surface area contributed by atoms with Crippen molar-refractivity contribution in [2.45, 2.75) is 6.61 Å². The van der Waals surface area contributed by atoms with Crippen molar-refractivity contribution in [3.05, 3.63) is 75.3 Å². The highest BCUT2D eigenvalue weighted by atomic mass is 16.6. The summed E-state index contributed by atoms with van der Waals surface area (Å²) in [6.45, 7) is 0.147. The Kier molecular flexibility index (Phi) is 4.62. The van der Waals surface area contributed by atoms with E-state index >= 15 is 0 Å². The summed E-state index contributed by atoms with van der Waals surface area (Å²) < 4.78 is 0. The zero-order valence-corrected chi connectivity index (χ0v) is 11.0. The van der Waals surface area contributed by atoms with Gasteiger partial charge in [-0.1, -0.05) is 29.4 Å². The maximum Gasteiger partial charge on any atom is 0.269 e. The largest absolute Gasteiger partial charge is 0.391 e. The third-order valence-electron chi connectivity index (χ3n) is 2.67. The highest BCUT2D eigenvalue weighted by molar-refractivity contribution is 5.79. The van der Waals surface area contributed by atoms with Crippen molar-refractivity contribution < 1.29 is 9.76 Å². The van der Waals surface area contributed by atoms with E-state index in [9.17, 15) is 10.1 Å². The molecule has 0 bridgehead atoms. The quantitative estimate of drug-likeness (QED) is 0.478. The number of nitriles is 1. The monoisotopic (exact) mass is 281 g/mol. The average Bonchev–Trinajstić information content (AvgIpc) is 2.52. The molecule has 2 aromatic rings. The van der Waals surface area contributed by atoms with Gasteiger partial charge in [0.25, 0.3) is 5.69 Å². The zero-order chi connectivity index (χ0) is 15.1. The Morgan fingerprint density at radius 3 is 2.71 bits per heavy atom. The lowest BCUT2D eigenvalue weighted by atomic mass is 10.2. The van der Waals surface area contributed by atoms with Gasteiger partial charge in [-0.2, -0.15) is 5.26 Å². The first-order valence-corrected chi connectivity index (χ1v) is 6.08. The molecule has 0 atom stereocenters. The summed E-state index contributed by atoms with van der Waals surface area (Å²) in [4.78, 5) is 15.3. The molecule has 0 aliphatic heterocycles. The van der Waals surface area contributed by atoms with E-state index < -0.39 is 4.92 Å². The first-order valence-electron chi connectivity index (χ1n) is 6.08. The molecule has 104 valence electrons. The summed E-state index contributed by atoms with van der Waals surface area (Å²) in [5.41, 5.74) is 2.06. The van der Waals surface area contributed by atoms with E-state index in [1.54, 1.807) is 36.4 Å². The van der Waals surface area contributed by atoms with Crippen LogP contribution < -0.4 is 0 Å². The second-order valence-electron chi connectivity index (χ2n) is 4.17. The fourth-order valence-corrected chi connectivity index (χ4v) is 1.61. The number of rotatable bonds is 5. The summed E-state index contributed by atoms with van der Waals surface area (Å²) in [6, 6.07) is 15.1. The van der Waals surface area contributed by atoms with Crippen molar-refractivity contribution in [2.75, 3.05) is 0 Å². The lowest BCUT2D eigenvalue weighted by Crippen LogP contribution is -1.92. The van der Waals surface area contributed by atoms with E-state index in [1.807, 2.05) is 6.07 Å². The van der Waals surface area contributed by atoms with Crippen molar-refractivity contribution >= 4 is 11.9 Å². The van der Waals surface area contributed by atoms with Crippen LogP contribution in [0.3, 0.4) is 0 Å². The number of nitro benzene ring substituents is 1. The van der Waals surface area contributed by atoms with Crippen LogP contribution in [0.15, 0.2) is 53.7 Å². The number of non-ortho nitro benzene ring substituents is 1. The van der Waals surface area contributed by atoms with Crippen LogP contribution in [0.2, 0.25) is 0 Å². The minimum Gasteiger partial charge on any atom is -0.391 e. The van der Waals surface area contributed by atoms with Crippen molar-refractivity contribution in [1.29, 1.82) is 5.26 Å². The maximum atomic E-state index is 10.6. The topological polar surface area (TPSA) is 88.5 Å².